The van der Waals surface area contributed by atoms with Crippen molar-refractivity contribution >= 4 is 51.8 Å². The number of nitrogen functional groups attached to an aromatic ring is 1. The highest BCUT2D eigenvalue weighted by Gasteiger charge is 2.23. The Labute approximate surface area is 185 Å². The molecule has 0 amide bonds. The molecule has 5 nitrogen and oxygen atoms in total. The predicted octanol–water partition coefficient (Wildman–Crippen LogP) is 5.47. The lowest BCUT2D eigenvalue weighted by molar-refractivity contribution is 0.0986. The number of ketones is 1. The Balaban J connectivity index is 1.57. The third-order valence-corrected chi connectivity index (χ3v) is 7.56. The molecule has 0 saturated carbocycles. The Morgan fingerprint density at radius 3 is 2.55 bits per heavy atom. The van der Waals surface area contributed by atoms with Gasteiger partial charge in [0.15, 0.2) is 11.6 Å². The van der Waals surface area contributed by atoms with E-state index in [0.29, 0.717) is 28.8 Å². The van der Waals surface area contributed by atoms with Gasteiger partial charge in [0.1, 0.15) is 0 Å². The van der Waals surface area contributed by atoms with E-state index in [9.17, 15) is 4.79 Å². The van der Waals surface area contributed by atoms with E-state index >= 15 is 0 Å². The molecule has 0 aliphatic heterocycles. The van der Waals surface area contributed by atoms with Gasteiger partial charge in [-0.3, -0.25) is 4.79 Å². The fourth-order valence-electron chi connectivity index (χ4n) is 2.82. The standard InChI is InChI=1S/C20H17ClN4OS3/c21-14-7-5-13(6-8-14)18(12-16(26)17-4-2-10-28-17)29-20-24-23-19(25(20)22)11-15-3-1-9-27-15/h1-10,18H,11-12,22H2/t18-/m1/s1. The van der Waals surface area contributed by atoms with Crippen LogP contribution in [0.4, 0.5) is 0 Å². The number of aromatic nitrogens is 3. The molecule has 148 valence electrons. The molecule has 2 N–H and O–H groups in total. The molecule has 4 rings (SSSR count). The Morgan fingerprint density at radius 1 is 1.10 bits per heavy atom. The van der Waals surface area contributed by atoms with Crippen molar-refractivity contribution in [1.82, 2.24) is 14.9 Å². The fourth-order valence-corrected chi connectivity index (χ4v) is 5.41. The number of hydrogen-bond donors (Lipinski definition) is 1. The highest BCUT2D eigenvalue weighted by Crippen LogP contribution is 2.38. The molecule has 9 heteroatoms. The number of thioether (sulfide) groups is 1. The van der Waals surface area contributed by atoms with Crippen LogP contribution in [0.25, 0.3) is 0 Å². The van der Waals surface area contributed by atoms with Gasteiger partial charge in [0, 0.05) is 28.0 Å². The molecule has 0 fully saturated rings. The van der Waals surface area contributed by atoms with E-state index in [4.69, 9.17) is 17.4 Å². The van der Waals surface area contributed by atoms with E-state index in [1.54, 1.807) is 11.3 Å². The molecule has 0 aliphatic rings. The highest BCUT2D eigenvalue weighted by molar-refractivity contribution is 7.99. The van der Waals surface area contributed by atoms with Gasteiger partial charge in [-0.15, -0.1) is 32.9 Å². The van der Waals surface area contributed by atoms with Gasteiger partial charge in [0.25, 0.3) is 0 Å². The molecule has 3 aromatic heterocycles. The van der Waals surface area contributed by atoms with Crippen molar-refractivity contribution in [3.05, 3.63) is 85.5 Å². The topological polar surface area (TPSA) is 73.8 Å². The zero-order valence-electron chi connectivity index (χ0n) is 15.2. The summed E-state index contributed by atoms with van der Waals surface area (Å²) in [4.78, 5) is 14.7. The number of nitrogens with two attached hydrogens (primary N) is 1. The summed E-state index contributed by atoms with van der Waals surface area (Å²) in [5, 5.41) is 13.5. The predicted molar refractivity (Wildman–Crippen MR) is 121 cm³/mol. The van der Waals surface area contributed by atoms with E-state index in [2.05, 4.69) is 10.2 Å². The van der Waals surface area contributed by atoms with Crippen LogP contribution in [0.2, 0.25) is 5.02 Å². The Bertz CT molecular complexity index is 1080. The van der Waals surface area contributed by atoms with E-state index in [1.165, 1.54) is 32.7 Å². The molecule has 29 heavy (non-hydrogen) atoms. The number of rotatable bonds is 8. The SMILES string of the molecule is Nn1c(Cc2cccs2)nnc1S[C@H](CC(=O)c1cccs1)c1ccc(Cl)cc1. The van der Waals surface area contributed by atoms with Crippen LogP contribution >= 0.6 is 46.0 Å². The third kappa shape index (κ3) is 4.90. The summed E-state index contributed by atoms with van der Waals surface area (Å²) in [6.45, 7) is 0. The molecule has 3 heterocycles. The van der Waals surface area contributed by atoms with Gasteiger partial charge >= 0.3 is 0 Å². The number of nitrogens with zero attached hydrogens (tertiary/aromatic N) is 3. The molecular weight excluding hydrogens is 444 g/mol. The number of carbonyl (C=O) groups excluding carboxylic acids is 1. The molecule has 0 saturated heterocycles. The number of halogens is 1. The first-order valence-electron chi connectivity index (χ1n) is 8.80. The summed E-state index contributed by atoms with van der Waals surface area (Å²) in [5.41, 5.74) is 0.993. The maximum Gasteiger partial charge on any atom is 0.210 e. The van der Waals surface area contributed by atoms with Crippen LogP contribution in [0, 0.1) is 0 Å². The molecule has 4 aromatic rings. The highest BCUT2D eigenvalue weighted by atomic mass is 35.5. The summed E-state index contributed by atoms with van der Waals surface area (Å²) in [7, 11) is 0. The van der Waals surface area contributed by atoms with Crippen molar-refractivity contribution in [3.8, 4) is 0 Å². The molecule has 0 radical (unpaired) electrons. The molecule has 1 atom stereocenters. The minimum Gasteiger partial charge on any atom is -0.336 e. The normalized spacial score (nSPS) is 12.2. The fraction of sp³-hybridized carbons (Fsp3) is 0.150. The van der Waals surface area contributed by atoms with Crippen LogP contribution in [-0.4, -0.2) is 20.7 Å². The van der Waals surface area contributed by atoms with Crippen LogP contribution in [0.1, 0.15) is 37.6 Å². The maximum atomic E-state index is 12.7. The summed E-state index contributed by atoms with van der Waals surface area (Å²) in [5.74, 6) is 7.05. The minimum atomic E-state index is -0.150. The Kier molecular flexibility index (Phi) is 6.34. The van der Waals surface area contributed by atoms with Crippen LogP contribution < -0.4 is 5.84 Å². The number of carbonyl (C=O) groups is 1. The van der Waals surface area contributed by atoms with Crippen molar-refractivity contribution in [2.75, 3.05) is 5.84 Å². The second kappa shape index (κ2) is 9.13. The summed E-state index contributed by atoms with van der Waals surface area (Å²) in [6.07, 6.45) is 0.960. The van der Waals surface area contributed by atoms with Crippen LogP contribution in [0.5, 0.6) is 0 Å². The first-order valence-corrected chi connectivity index (χ1v) is 11.8. The average molecular weight is 461 g/mol. The van der Waals surface area contributed by atoms with E-state index < -0.39 is 0 Å². The molecule has 0 spiro atoms. The zero-order valence-corrected chi connectivity index (χ0v) is 18.4. The second-order valence-corrected chi connectivity index (χ2v) is 9.87. The van der Waals surface area contributed by atoms with Crippen LogP contribution in [-0.2, 0) is 6.42 Å². The lowest BCUT2D eigenvalue weighted by atomic mass is 10.1. The van der Waals surface area contributed by atoms with Gasteiger partial charge in [-0.25, -0.2) is 4.68 Å². The minimum absolute atomic E-state index is 0.0920. The zero-order chi connectivity index (χ0) is 20.2. The largest absolute Gasteiger partial charge is 0.336 e. The number of benzene rings is 1. The quantitative estimate of drug-likeness (QED) is 0.214. The van der Waals surface area contributed by atoms with Crippen molar-refractivity contribution in [2.24, 2.45) is 0 Å². The van der Waals surface area contributed by atoms with Crippen LogP contribution in [0.15, 0.2) is 64.4 Å². The lowest BCUT2D eigenvalue weighted by Gasteiger charge is -2.15. The maximum absolute atomic E-state index is 12.7. The number of hydrogen-bond acceptors (Lipinski definition) is 7. The van der Waals surface area contributed by atoms with E-state index in [-0.39, 0.29) is 11.0 Å². The van der Waals surface area contributed by atoms with Gasteiger partial charge in [-0.1, -0.05) is 47.6 Å². The summed E-state index contributed by atoms with van der Waals surface area (Å²) >= 11 is 10.6. The van der Waals surface area contributed by atoms with Crippen molar-refractivity contribution in [1.29, 1.82) is 0 Å². The summed E-state index contributed by atoms with van der Waals surface area (Å²) < 4.78 is 1.52. The van der Waals surface area contributed by atoms with Gasteiger partial charge < -0.3 is 5.84 Å². The van der Waals surface area contributed by atoms with Gasteiger partial charge in [0.05, 0.1) is 4.88 Å². The Morgan fingerprint density at radius 2 is 1.86 bits per heavy atom. The molecule has 0 bridgehead atoms. The third-order valence-electron chi connectivity index (χ3n) is 4.30. The van der Waals surface area contributed by atoms with Gasteiger partial charge in [-0.05, 0) is 40.6 Å². The summed E-state index contributed by atoms with van der Waals surface area (Å²) in [6, 6.07) is 15.3. The average Bonchev–Trinajstić information content (AvgIpc) is 3.48. The molecule has 0 unspecified atom stereocenters. The van der Waals surface area contributed by atoms with Gasteiger partial charge in [0.2, 0.25) is 5.16 Å². The van der Waals surface area contributed by atoms with Crippen molar-refractivity contribution < 1.29 is 4.79 Å². The van der Waals surface area contributed by atoms with E-state index in [0.717, 1.165) is 10.4 Å². The second-order valence-electron chi connectivity index (χ2n) is 6.29. The van der Waals surface area contributed by atoms with E-state index in [1.807, 2.05) is 59.3 Å². The number of Topliss-reactive ketones (excluding diaryl/α,β-unsaturated/α-hetero) is 1. The van der Waals surface area contributed by atoms with Gasteiger partial charge in [-0.2, -0.15) is 0 Å². The first kappa shape index (κ1) is 20.2. The van der Waals surface area contributed by atoms with Crippen molar-refractivity contribution in [3.63, 3.8) is 0 Å². The number of thiophene rings is 2. The Hall–Kier alpha value is -2.13. The molecular formula is C20H17ClN4OS3. The van der Waals surface area contributed by atoms with Crippen LogP contribution in [0.3, 0.4) is 0 Å². The van der Waals surface area contributed by atoms with Crippen molar-refractivity contribution in [2.45, 2.75) is 23.2 Å². The lowest BCUT2D eigenvalue weighted by Crippen LogP contribution is -2.15. The monoisotopic (exact) mass is 460 g/mol. The molecule has 0 aliphatic carbocycles. The molecule has 1 aromatic carbocycles. The first-order chi connectivity index (χ1) is 14.1. The smallest absolute Gasteiger partial charge is 0.210 e.